The minimum Gasteiger partial charge on any atom is -0.507 e. The van der Waals surface area contributed by atoms with E-state index >= 15 is 0 Å². The van der Waals surface area contributed by atoms with Crippen LogP contribution in [0.4, 0.5) is 0 Å². The zero-order chi connectivity index (χ0) is 22.0. The molecule has 0 saturated carbocycles. The maximum atomic E-state index is 13.4. The molecule has 0 fully saturated rings. The molecule has 31 heavy (non-hydrogen) atoms. The SMILES string of the molecule is CCOC(=O)c1c(-c2ccccc2)nc(C(=O)c2cc(-[s+]3cccc3)ccc2O)[s+]1N. The maximum absolute atomic E-state index is 13.4. The monoisotopic (exact) mass is 452 g/mol. The largest absolute Gasteiger partial charge is 0.507 e. The van der Waals surface area contributed by atoms with Crippen molar-refractivity contribution in [2.24, 2.45) is 0 Å². The Balaban J connectivity index is 1.84. The van der Waals surface area contributed by atoms with Gasteiger partial charge in [-0.15, -0.1) is 5.14 Å². The molecule has 1 unspecified atom stereocenters. The molecule has 6 nitrogen and oxygen atoms in total. The van der Waals surface area contributed by atoms with Crippen molar-refractivity contribution in [2.45, 2.75) is 6.92 Å². The number of benzene rings is 2. The maximum Gasteiger partial charge on any atom is 0.396 e. The van der Waals surface area contributed by atoms with E-state index in [1.165, 1.54) is 6.07 Å². The summed E-state index contributed by atoms with van der Waals surface area (Å²) in [7, 11) is -1.66. The second kappa shape index (κ2) is 8.81. The van der Waals surface area contributed by atoms with Gasteiger partial charge in [0.05, 0.1) is 12.2 Å². The molecule has 2 heterocycles. The average molecular weight is 453 g/mol. The van der Waals surface area contributed by atoms with Gasteiger partial charge in [-0.2, -0.15) is 4.98 Å². The summed E-state index contributed by atoms with van der Waals surface area (Å²) < 4.78 is 5.17. The van der Waals surface area contributed by atoms with E-state index in [-0.39, 0.29) is 38.3 Å². The van der Waals surface area contributed by atoms with Gasteiger partial charge in [0.25, 0.3) is 5.78 Å². The van der Waals surface area contributed by atoms with E-state index < -0.39 is 22.4 Å². The third-order valence-corrected chi connectivity index (χ3v) is 7.80. The number of hydrogen-bond donors (Lipinski definition) is 2. The highest BCUT2D eigenvalue weighted by atomic mass is 32.2. The first-order valence-corrected chi connectivity index (χ1v) is 12.1. The van der Waals surface area contributed by atoms with Gasteiger partial charge in [-0.1, -0.05) is 30.3 Å². The second-order valence-electron chi connectivity index (χ2n) is 6.56. The summed E-state index contributed by atoms with van der Waals surface area (Å²) in [5.74, 6) is -1.26. The lowest BCUT2D eigenvalue weighted by Crippen LogP contribution is -2.08. The Labute approximate surface area is 184 Å². The highest BCUT2D eigenvalue weighted by Gasteiger charge is 2.38. The number of thiazole rings is 1. The van der Waals surface area contributed by atoms with E-state index in [2.05, 4.69) is 4.98 Å². The van der Waals surface area contributed by atoms with Crippen LogP contribution in [-0.2, 0) is 4.74 Å². The van der Waals surface area contributed by atoms with Gasteiger partial charge in [-0.05, 0) is 25.1 Å². The number of ether oxygens (including phenoxy) is 1. The van der Waals surface area contributed by atoms with Crippen LogP contribution >= 0.6 is 21.1 Å². The Kier molecular flexibility index (Phi) is 5.94. The molecule has 0 radical (unpaired) electrons. The number of thiophene rings is 1. The van der Waals surface area contributed by atoms with Crippen LogP contribution in [0.3, 0.4) is 0 Å². The van der Waals surface area contributed by atoms with Gasteiger partial charge < -0.3 is 9.84 Å². The van der Waals surface area contributed by atoms with E-state index in [9.17, 15) is 14.7 Å². The molecule has 0 bridgehead atoms. The molecule has 2 aromatic heterocycles. The van der Waals surface area contributed by atoms with Crippen molar-refractivity contribution in [2.75, 3.05) is 11.7 Å². The lowest BCUT2D eigenvalue weighted by molar-refractivity contribution is 0.0532. The van der Waals surface area contributed by atoms with Crippen molar-refractivity contribution < 1.29 is 19.4 Å². The van der Waals surface area contributed by atoms with Crippen LogP contribution < -0.4 is 5.14 Å². The molecule has 0 aliphatic rings. The summed E-state index contributed by atoms with van der Waals surface area (Å²) in [4.78, 5) is 31.5. The minimum atomic E-state index is -1.39. The second-order valence-corrected chi connectivity index (χ2v) is 9.79. The number of carbonyl (C=O) groups is 2. The lowest BCUT2D eigenvalue weighted by Gasteiger charge is -2.00. The number of ketones is 1. The Morgan fingerprint density at radius 1 is 1.06 bits per heavy atom. The molecule has 4 aromatic rings. The molecule has 0 amide bonds. The number of aromatic nitrogens is 1. The highest BCUT2D eigenvalue weighted by Crippen LogP contribution is 2.38. The summed E-state index contributed by atoms with van der Waals surface area (Å²) in [5.41, 5.74) is 1.10. The van der Waals surface area contributed by atoms with Crippen LogP contribution in [0.15, 0.2) is 71.4 Å². The number of aromatic hydroxyl groups is 1. The summed E-state index contributed by atoms with van der Waals surface area (Å²) in [6.07, 6.45) is 0. The van der Waals surface area contributed by atoms with E-state index in [1.807, 2.05) is 41.1 Å². The van der Waals surface area contributed by atoms with Crippen LogP contribution in [0, 0.1) is 0 Å². The first kappa shape index (κ1) is 20.9. The van der Waals surface area contributed by atoms with Crippen molar-refractivity contribution in [1.82, 2.24) is 4.98 Å². The third-order valence-electron chi connectivity index (χ3n) is 4.61. The zero-order valence-corrected chi connectivity index (χ0v) is 18.3. The van der Waals surface area contributed by atoms with E-state index in [4.69, 9.17) is 9.88 Å². The zero-order valence-electron chi connectivity index (χ0n) is 16.6. The molecular formula is C23H20N2O4S2+2. The molecule has 4 rings (SSSR count). The summed E-state index contributed by atoms with van der Waals surface area (Å²) in [6.45, 7) is 1.88. The lowest BCUT2D eigenvalue weighted by atomic mass is 10.1. The van der Waals surface area contributed by atoms with Crippen LogP contribution in [-0.4, -0.2) is 28.4 Å². The molecular weight excluding hydrogens is 432 g/mol. The average Bonchev–Trinajstić information content (AvgIpc) is 3.43. The van der Waals surface area contributed by atoms with Gasteiger partial charge in [0.2, 0.25) is 0 Å². The van der Waals surface area contributed by atoms with Gasteiger partial charge in [0.1, 0.15) is 32.9 Å². The number of esters is 1. The van der Waals surface area contributed by atoms with Crippen LogP contribution in [0.2, 0.25) is 0 Å². The van der Waals surface area contributed by atoms with Crippen molar-refractivity contribution in [3.05, 3.63) is 86.9 Å². The molecule has 8 heteroatoms. The first-order chi connectivity index (χ1) is 15.0. The van der Waals surface area contributed by atoms with Gasteiger partial charge in [0.15, 0.2) is 4.90 Å². The quantitative estimate of drug-likeness (QED) is 0.241. The fraction of sp³-hybridized carbons (Fsp3) is 0.0870. The molecule has 0 spiro atoms. The van der Waals surface area contributed by atoms with Gasteiger partial charge in [-0.3, -0.25) is 4.79 Å². The van der Waals surface area contributed by atoms with Gasteiger partial charge >= 0.3 is 15.9 Å². The Bertz CT molecular complexity index is 1250. The van der Waals surface area contributed by atoms with Crippen molar-refractivity contribution >= 4 is 32.9 Å². The number of nitrogens with zero attached hydrogens (tertiary/aromatic N) is 1. The third kappa shape index (κ3) is 4.00. The normalized spacial score (nSPS) is 11.4. The van der Waals surface area contributed by atoms with Crippen LogP contribution in [0.1, 0.15) is 32.0 Å². The Morgan fingerprint density at radius 2 is 1.77 bits per heavy atom. The predicted molar refractivity (Wildman–Crippen MR) is 124 cm³/mol. The predicted octanol–water partition coefficient (Wildman–Crippen LogP) is 5.06. The Hall–Kier alpha value is -3.33. The van der Waals surface area contributed by atoms with Crippen molar-refractivity contribution in [3.63, 3.8) is 0 Å². The summed E-state index contributed by atoms with van der Waals surface area (Å²) >= 11 is 0. The van der Waals surface area contributed by atoms with Gasteiger partial charge in [0, 0.05) is 28.2 Å². The number of nitrogen functional groups attached to an aromatic ring is 1. The van der Waals surface area contributed by atoms with Crippen LogP contribution in [0.5, 0.6) is 5.75 Å². The van der Waals surface area contributed by atoms with E-state index in [1.54, 1.807) is 31.2 Å². The summed E-state index contributed by atoms with van der Waals surface area (Å²) in [6, 6.07) is 17.9. The minimum absolute atomic E-state index is 0.0233. The molecule has 2 aromatic carbocycles. The number of phenols is 1. The molecule has 1 atom stereocenters. The smallest absolute Gasteiger partial charge is 0.396 e. The fourth-order valence-electron chi connectivity index (χ4n) is 3.15. The number of phenolic OH excluding ortho intramolecular Hbond substituents is 1. The standard InChI is InChI=1S/C23H19N2O4S2/c1-2-29-23(28)21-19(15-8-4-3-5-9-15)25-22(31(21)24)20(27)17-14-16(10-11-18(17)26)30-12-6-7-13-30/h3-14H,2,24H2,1H3/q+1/p+1. The topological polar surface area (TPSA) is 103 Å². The molecule has 156 valence electrons. The van der Waals surface area contributed by atoms with E-state index in [0.717, 1.165) is 4.90 Å². The van der Waals surface area contributed by atoms with Crippen molar-refractivity contribution in [1.29, 1.82) is 0 Å². The van der Waals surface area contributed by atoms with E-state index in [0.29, 0.717) is 11.3 Å². The van der Waals surface area contributed by atoms with Gasteiger partial charge in [-0.25, -0.2) is 4.79 Å². The Morgan fingerprint density at radius 3 is 2.45 bits per heavy atom. The molecule has 0 aliphatic carbocycles. The summed E-state index contributed by atoms with van der Waals surface area (Å²) in [5, 5.41) is 20.8. The number of nitrogens with two attached hydrogens (primary N) is 1. The fourth-order valence-corrected chi connectivity index (χ4v) is 5.86. The molecule has 0 aliphatic heterocycles. The molecule has 3 N–H and O–H groups in total. The van der Waals surface area contributed by atoms with Crippen molar-refractivity contribution in [3.8, 4) is 21.9 Å². The van der Waals surface area contributed by atoms with Crippen LogP contribution in [0.25, 0.3) is 16.2 Å². The number of hydrogen-bond acceptors (Lipinski definition) is 6. The highest BCUT2D eigenvalue weighted by molar-refractivity contribution is 7.37. The number of rotatable bonds is 6. The first-order valence-electron chi connectivity index (χ1n) is 9.50. The molecule has 0 saturated heterocycles. The number of carbonyl (C=O) groups excluding carboxylic acids is 2.